The number of methoxy groups -OCH3 is 1. The molecule has 4 rings (SSSR count). The zero-order valence-electron chi connectivity index (χ0n) is 14.2. The Bertz CT molecular complexity index is 691. The fourth-order valence-electron chi connectivity index (χ4n) is 4.14. The van der Waals surface area contributed by atoms with E-state index >= 15 is 0 Å². The Morgan fingerprint density at radius 3 is 2.75 bits per heavy atom. The molecule has 0 bridgehead atoms. The van der Waals surface area contributed by atoms with Crippen molar-refractivity contribution >= 4 is 5.82 Å². The fraction of sp³-hybridized carbons (Fsp3) is 0.526. The first-order chi connectivity index (χ1) is 11.8. The van der Waals surface area contributed by atoms with Gasteiger partial charge in [0.15, 0.2) is 17.4 Å². The van der Waals surface area contributed by atoms with Gasteiger partial charge in [-0.15, -0.1) is 0 Å². The topological polar surface area (TPSA) is 51.1 Å². The Morgan fingerprint density at radius 2 is 1.96 bits per heavy atom. The van der Waals surface area contributed by atoms with E-state index in [4.69, 9.17) is 9.72 Å². The van der Waals surface area contributed by atoms with Crippen LogP contribution in [0.1, 0.15) is 32.1 Å². The van der Waals surface area contributed by atoms with Gasteiger partial charge in [0, 0.05) is 19.3 Å². The molecule has 2 aromatic rings. The maximum absolute atomic E-state index is 5.54. The Balaban J connectivity index is 1.63. The van der Waals surface area contributed by atoms with Gasteiger partial charge in [-0.1, -0.05) is 25.3 Å². The number of ether oxygens (including phenoxy) is 1. The molecule has 5 heteroatoms. The van der Waals surface area contributed by atoms with Gasteiger partial charge in [0.2, 0.25) is 0 Å². The first-order valence-electron chi connectivity index (χ1n) is 8.92. The first-order valence-corrected chi connectivity index (χ1v) is 8.92. The van der Waals surface area contributed by atoms with Crippen molar-refractivity contribution in [1.82, 2.24) is 15.0 Å². The Hall–Kier alpha value is -2.17. The van der Waals surface area contributed by atoms with Crippen molar-refractivity contribution in [2.75, 3.05) is 25.1 Å². The van der Waals surface area contributed by atoms with Crippen molar-refractivity contribution in [3.63, 3.8) is 0 Å². The molecule has 24 heavy (non-hydrogen) atoms. The summed E-state index contributed by atoms with van der Waals surface area (Å²) < 4.78 is 5.54. The third-order valence-corrected chi connectivity index (χ3v) is 5.44. The number of pyridine rings is 1. The van der Waals surface area contributed by atoms with Crippen molar-refractivity contribution in [1.29, 1.82) is 0 Å². The summed E-state index contributed by atoms with van der Waals surface area (Å²) in [5, 5.41) is 0. The third-order valence-electron chi connectivity index (χ3n) is 5.44. The van der Waals surface area contributed by atoms with E-state index in [1.165, 1.54) is 32.1 Å². The predicted octanol–water partition coefficient (Wildman–Crippen LogP) is 3.56. The number of hydrogen-bond donors (Lipinski definition) is 0. The molecule has 2 fully saturated rings. The highest BCUT2D eigenvalue weighted by molar-refractivity contribution is 5.58. The smallest absolute Gasteiger partial charge is 0.180 e. The number of piperidine rings is 1. The van der Waals surface area contributed by atoms with Gasteiger partial charge < -0.3 is 9.64 Å². The Kier molecular flexibility index (Phi) is 4.32. The lowest BCUT2D eigenvalue weighted by atomic mass is 9.75. The van der Waals surface area contributed by atoms with Crippen LogP contribution in [0.4, 0.5) is 5.82 Å². The Labute approximate surface area is 143 Å². The van der Waals surface area contributed by atoms with E-state index in [-0.39, 0.29) is 0 Å². The van der Waals surface area contributed by atoms with Crippen LogP contribution in [0.3, 0.4) is 0 Å². The molecule has 0 unspecified atom stereocenters. The van der Waals surface area contributed by atoms with Crippen molar-refractivity contribution in [2.24, 2.45) is 11.8 Å². The summed E-state index contributed by atoms with van der Waals surface area (Å²) in [5.74, 6) is 4.03. The monoisotopic (exact) mass is 324 g/mol. The van der Waals surface area contributed by atoms with Gasteiger partial charge in [-0.3, -0.25) is 4.98 Å². The highest BCUT2D eigenvalue weighted by Crippen LogP contribution is 2.39. The summed E-state index contributed by atoms with van der Waals surface area (Å²) in [5.41, 5.74) is 0.800. The molecule has 0 radical (unpaired) electrons. The predicted molar refractivity (Wildman–Crippen MR) is 94.1 cm³/mol. The van der Waals surface area contributed by atoms with Gasteiger partial charge in [0.25, 0.3) is 0 Å². The minimum Gasteiger partial charge on any atom is -0.491 e. The normalized spacial score (nSPS) is 23.6. The van der Waals surface area contributed by atoms with E-state index < -0.39 is 0 Å². The van der Waals surface area contributed by atoms with Crippen LogP contribution in [0, 0.1) is 11.8 Å². The van der Waals surface area contributed by atoms with E-state index in [2.05, 4.69) is 14.9 Å². The first kappa shape index (κ1) is 15.4. The zero-order valence-corrected chi connectivity index (χ0v) is 14.2. The molecule has 2 aliphatic rings. The molecule has 1 saturated heterocycles. The fourth-order valence-corrected chi connectivity index (χ4v) is 4.14. The summed E-state index contributed by atoms with van der Waals surface area (Å²) in [6.45, 7) is 2.13. The average molecular weight is 324 g/mol. The van der Waals surface area contributed by atoms with Crippen LogP contribution in [-0.2, 0) is 0 Å². The number of aromatic nitrogens is 3. The van der Waals surface area contributed by atoms with Crippen LogP contribution in [0.25, 0.3) is 11.5 Å². The molecule has 0 amide bonds. The lowest BCUT2D eigenvalue weighted by Gasteiger charge is -2.42. The number of nitrogens with zero attached hydrogens (tertiary/aromatic N) is 4. The van der Waals surface area contributed by atoms with Gasteiger partial charge in [0.05, 0.1) is 13.3 Å². The van der Waals surface area contributed by atoms with E-state index in [1.54, 1.807) is 19.5 Å². The summed E-state index contributed by atoms with van der Waals surface area (Å²) in [4.78, 5) is 16.0. The minimum atomic E-state index is 0.664. The second-order valence-electron chi connectivity index (χ2n) is 6.84. The molecule has 2 aromatic heterocycles. The van der Waals surface area contributed by atoms with E-state index in [0.29, 0.717) is 5.82 Å². The van der Waals surface area contributed by atoms with Crippen molar-refractivity contribution in [3.8, 4) is 17.3 Å². The number of fused-ring (bicyclic) bond motifs is 1. The second kappa shape index (κ2) is 6.75. The van der Waals surface area contributed by atoms with Crippen LogP contribution in [-0.4, -0.2) is 35.2 Å². The van der Waals surface area contributed by atoms with Crippen LogP contribution in [0.5, 0.6) is 5.75 Å². The highest BCUT2D eigenvalue weighted by atomic mass is 16.5. The van der Waals surface area contributed by atoms with Gasteiger partial charge in [-0.05, 0) is 36.8 Å². The third kappa shape index (κ3) is 2.95. The molecule has 0 spiro atoms. The molecule has 2 atom stereocenters. The van der Waals surface area contributed by atoms with Crippen LogP contribution < -0.4 is 9.64 Å². The maximum atomic E-state index is 5.54. The molecule has 126 valence electrons. The summed E-state index contributed by atoms with van der Waals surface area (Å²) in [6.07, 6.45) is 10.3. The standard InChI is InChI=1S/C19H24N4O/c1-24-17-12-21-18(16-8-4-5-10-20-16)22-19(17)23-11-9-14-6-2-3-7-15(14)13-23/h4-5,8,10,12,14-15H,2-3,6-7,9,11,13H2,1H3/t14-,15-/m1/s1. The SMILES string of the molecule is COc1cnc(-c2ccccn2)nc1N1CC[C@H]2CCCC[C@@H]2C1. The second-order valence-corrected chi connectivity index (χ2v) is 6.84. The molecule has 0 aromatic carbocycles. The molecule has 1 aliphatic carbocycles. The van der Waals surface area contributed by atoms with Crippen LogP contribution in [0.15, 0.2) is 30.6 Å². The molecule has 1 aliphatic heterocycles. The average Bonchev–Trinajstić information content (AvgIpc) is 2.68. The zero-order chi connectivity index (χ0) is 16.4. The Morgan fingerprint density at radius 1 is 1.08 bits per heavy atom. The summed E-state index contributed by atoms with van der Waals surface area (Å²) in [7, 11) is 1.69. The molecule has 3 heterocycles. The maximum Gasteiger partial charge on any atom is 0.180 e. The van der Waals surface area contributed by atoms with Gasteiger partial charge >= 0.3 is 0 Å². The summed E-state index contributed by atoms with van der Waals surface area (Å²) in [6, 6.07) is 5.81. The van der Waals surface area contributed by atoms with Gasteiger partial charge in [-0.25, -0.2) is 9.97 Å². The molecule has 5 nitrogen and oxygen atoms in total. The van der Waals surface area contributed by atoms with Crippen LogP contribution in [0.2, 0.25) is 0 Å². The molecule has 1 saturated carbocycles. The summed E-state index contributed by atoms with van der Waals surface area (Å²) >= 11 is 0. The molecular formula is C19H24N4O. The van der Waals surface area contributed by atoms with E-state index in [1.807, 2.05) is 18.2 Å². The number of rotatable bonds is 3. The lowest BCUT2D eigenvalue weighted by molar-refractivity contribution is 0.201. The number of hydrogen-bond acceptors (Lipinski definition) is 5. The van der Waals surface area contributed by atoms with E-state index in [9.17, 15) is 0 Å². The minimum absolute atomic E-state index is 0.664. The quantitative estimate of drug-likeness (QED) is 0.864. The van der Waals surface area contributed by atoms with Gasteiger partial charge in [0.1, 0.15) is 5.69 Å². The van der Waals surface area contributed by atoms with E-state index in [0.717, 1.165) is 42.2 Å². The highest BCUT2D eigenvalue weighted by Gasteiger charge is 2.32. The number of anilines is 1. The van der Waals surface area contributed by atoms with Gasteiger partial charge in [-0.2, -0.15) is 0 Å². The molecule has 0 N–H and O–H groups in total. The lowest BCUT2D eigenvalue weighted by Crippen LogP contribution is -2.42. The van der Waals surface area contributed by atoms with Crippen molar-refractivity contribution in [3.05, 3.63) is 30.6 Å². The molecular weight excluding hydrogens is 300 g/mol. The van der Waals surface area contributed by atoms with Crippen LogP contribution >= 0.6 is 0 Å². The van der Waals surface area contributed by atoms with Crippen molar-refractivity contribution < 1.29 is 4.74 Å². The largest absolute Gasteiger partial charge is 0.491 e. The van der Waals surface area contributed by atoms with Crippen molar-refractivity contribution in [2.45, 2.75) is 32.1 Å².